The van der Waals surface area contributed by atoms with Crippen LogP contribution in [0.2, 0.25) is 0 Å². The number of rotatable bonds is 9. The lowest BCUT2D eigenvalue weighted by atomic mass is 10.1. The Balaban J connectivity index is 0.000000241. The Morgan fingerprint density at radius 1 is 1.12 bits per heavy atom. The van der Waals surface area contributed by atoms with Crippen molar-refractivity contribution in [1.82, 2.24) is 34.5 Å². The third kappa shape index (κ3) is 10.9. The molecule has 3 heterocycles. The molecule has 0 saturated carbocycles. The van der Waals surface area contributed by atoms with E-state index in [0.717, 1.165) is 67.3 Å². The highest BCUT2D eigenvalue weighted by Crippen LogP contribution is 2.29. The van der Waals surface area contributed by atoms with E-state index in [-0.39, 0.29) is 5.82 Å². The van der Waals surface area contributed by atoms with Crippen LogP contribution >= 0.6 is 11.9 Å². The van der Waals surface area contributed by atoms with E-state index in [1.807, 2.05) is 73.8 Å². The van der Waals surface area contributed by atoms with Gasteiger partial charge in [-0.15, -0.1) is 12.8 Å². The van der Waals surface area contributed by atoms with Crippen molar-refractivity contribution in [2.24, 2.45) is 7.05 Å². The van der Waals surface area contributed by atoms with E-state index < -0.39 is 0 Å². The highest BCUT2D eigenvalue weighted by Gasteiger charge is 2.20. The van der Waals surface area contributed by atoms with E-state index in [1.165, 1.54) is 6.07 Å². The average molecular weight is 607 g/mol. The van der Waals surface area contributed by atoms with E-state index in [2.05, 4.69) is 45.1 Å². The van der Waals surface area contributed by atoms with Crippen molar-refractivity contribution in [3.63, 3.8) is 0 Å². The topological polar surface area (TPSA) is 92.0 Å². The lowest BCUT2D eigenvalue weighted by Crippen LogP contribution is -2.33. The molecule has 9 nitrogen and oxygen atoms in total. The SMILES string of the molecule is C#C.CNc1c(C)c(-c2cnn(C)c2)nn1-c1ccccc1.CSNCCN1CCC(NC=O)C1.Cc1ccccc1F. The van der Waals surface area contributed by atoms with E-state index >= 15 is 0 Å². The quantitative estimate of drug-likeness (QED) is 0.110. The number of para-hydroxylation sites is 1. The molecule has 1 saturated heterocycles. The predicted octanol–water partition coefficient (Wildman–Crippen LogP) is 4.68. The minimum atomic E-state index is -0.132. The minimum Gasteiger partial charge on any atom is -0.373 e. The second-order valence-corrected chi connectivity index (χ2v) is 10.3. The number of aryl methyl sites for hydroxylation is 2. The summed E-state index contributed by atoms with van der Waals surface area (Å²) in [4.78, 5) is 12.5. The summed E-state index contributed by atoms with van der Waals surface area (Å²) in [6.45, 7) is 7.99. The highest BCUT2D eigenvalue weighted by molar-refractivity contribution is 7.96. The summed E-state index contributed by atoms with van der Waals surface area (Å²) in [5.41, 5.74) is 4.83. The standard InChI is InChI=1S/C15H17N5.C8H17N3OS.C7H7F.C2H2/c1-11-14(12-9-17-19(3)10-12)18-20(15(11)16-2)13-7-5-4-6-8-13;1-13-10-3-5-11-4-2-8(6-11)9-7-12;1-6-4-2-3-5-7(6)8;1-2/h4-10,16H,1-3H3;7-8,10H,2-6H2,1H3,(H,9,12);2-5H,1H3;1-2H. The molecule has 1 aliphatic rings. The van der Waals surface area contributed by atoms with Gasteiger partial charge in [-0.1, -0.05) is 48.3 Å². The maximum absolute atomic E-state index is 12.3. The summed E-state index contributed by atoms with van der Waals surface area (Å²) in [6, 6.07) is 17.2. The maximum atomic E-state index is 12.3. The normalized spacial score (nSPS) is 13.8. The van der Waals surface area contributed by atoms with Gasteiger partial charge in [-0.3, -0.25) is 19.1 Å². The Bertz CT molecular complexity index is 1370. The summed E-state index contributed by atoms with van der Waals surface area (Å²) < 4.78 is 19.2. The largest absolute Gasteiger partial charge is 0.373 e. The molecule has 3 N–H and O–H groups in total. The van der Waals surface area contributed by atoms with Crippen LogP contribution in [-0.2, 0) is 11.8 Å². The second kappa shape index (κ2) is 19.2. The zero-order valence-electron chi connectivity index (χ0n) is 25.6. The number of hydrogen-bond donors (Lipinski definition) is 3. The van der Waals surface area contributed by atoms with Crippen molar-refractivity contribution in [1.29, 1.82) is 0 Å². The Morgan fingerprint density at radius 3 is 2.37 bits per heavy atom. The van der Waals surface area contributed by atoms with E-state index in [4.69, 9.17) is 5.10 Å². The Labute approximate surface area is 259 Å². The molecule has 0 bridgehead atoms. The number of carbonyl (C=O) groups is 1. The van der Waals surface area contributed by atoms with E-state index in [9.17, 15) is 9.18 Å². The third-order valence-corrected chi connectivity index (χ3v) is 7.16. The molecule has 0 radical (unpaired) electrons. The summed E-state index contributed by atoms with van der Waals surface area (Å²) in [5.74, 6) is 0.863. The molecule has 2 aromatic carbocycles. The summed E-state index contributed by atoms with van der Waals surface area (Å²) in [7, 11) is 3.82. The van der Waals surface area contributed by atoms with Gasteiger partial charge in [0.2, 0.25) is 6.41 Å². The van der Waals surface area contributed by atoms with Gasteiger partial charge in [0.15, 0.2) is 0 Å². The zero-order valence-corrected chi connectivity index (χ0v) is 26.4. The maximum Gasteiger partial charge on any atom is 0.207 e. The van der Waals surface area contributed by atoms with Gasteiger partial charge in [0, 0.05) is 63.6 Å². The van der Waals surface area contributed by atoms with Gasteiger partial charge in [0.05, 0.1) is 11.9 Å². The number of hydrogen-bond acceptors (Lipinski definition) is 7. The first kappa shape index (κ1) is 35.1. The van der Waals surface area contributed by atoms with Crippen molar-refractivity contribution in [3.05, 3.63) is 83.9 Å². The van der Waals surface area contributed by atoms with Crippen LogP contribution in [-0.4, -0.2) is 76.4 Å². The van der Waals surface area contributed by atoms with Gasteiger partial charge in [-0.05, 0) is 50.3 Å². The van der Waals surface area contributed by atoms with Crippen LogP contribution in [0, 0.1) is 32.5 Å². The number of likely N-dealkylation sites (tertiary alicyclic amines) is 1. The van der Waals surface area contributed by atoms with Crippen LogP contribution in [0.25, 0.3) is 16.9 Å². The van der Waals surface area contributed by atoms with Gasteiger partial charge in [0.1, 0.15) is 17.3 Å². The number of halogens is 1. The third-order valence-electron chi connectivity index (χ3n) is 6.67. The van der Waals surface area contributed by atoms with Crippen LogP contribution in [0.5, 0.6) is 0 Å². The van der Waals surface area contributed by atoms with Gasteiger partial charge < -0.3 is 10.6 Å². The molecular formula is C32H43FN8OS. The van der Waals surface area contributed by atoms with Crippen LogP contribution in [0.15, 0.2) is 67.0 Å². The van der Waals surface area contributed by atoms with Crippen LogP contribution < -0.4 is 15.4 Å². The van der Waals surface area contributed by atoms with Crippen LogP contribution in [0.4, 0.5) is 10.2 Å². The molecule has 5 rings (SSSR count). The Hall–Kier alpha value is -4.11. The molecule has 0 aliphatic carbocycles. The molecule has 0 spiro atoms. The number of nitrogens with one attached hydrogen (secondary N) is 3. The van der Waals surface area contributed by atoms with Crippen LogP contribution in [0.1, 0.15) is 17.5 Å². The number of nitrogens with zero attached hydrogens (tertiary/aromatic N) is 5. The number of amides is 1. The first-order valence-electron chi connectivity index (χ1n) is 13.9. The summed E-state index contributed by atoms with van der Waals surface area (Å²) in [5, 5.41) is 15.0. The number of benzene rings is 2. The van der Waals surface area contributed by atoms with Crippen molar-refractivity contribution < 1.29 is 9.18 Å². The highest BCUT2D eigenvalue weighted by atomic mass is 32.2. The van der Waals surface area contributed by atoms with Crippen molar-refractivity contribution in [2.45, 2.75) is 26.3 Å². The summed E-state index contributed by atoms with van der Waals surface area (Å²) in [6.07, 6.45) is 15.7. The number of anilines is 1. The van der Waals surface area contributed by atoms with Crippen molar-refractivity contribution in [3.8, 4) is 29.8 Å². The lowest BCUT2D eigenvalue weighted by Gasteiger charge is -2.15. The average Bonchev–Trinajstić information content (AvgIpc) is 3.75. The number of aromatic nitrogens is 4. The monoisotopic (exact) mass is 606 g/mol. The van der Waals surface area contributed by atoms with Crippen LogP contribution in [0.3, 0.4) is 0 Å². The molecule has 1 unspecified atom stereocenters. The predicted molar refractivity (Wildman–Crippen MR) is 177 cm³/mol. The summed E-state index contributed by atoms with van der Waals surface area (Å²) >= 11 is 1.65. The fraction of sp³-hybridized carbons (Fsp3) is 0.344. The minimum absolute atomic E-state index is 0.132. The molecule has 1 amide bonds. The van der Waals surface area contributed by atoms with Gasteiger partial charge >= 0.3 is 0 Å². The fourth-order valence-corrected chi connectivity index (χ4v) is 4.78. The van der Waals surface area contributed by atoms with Gasteiger partial charge in [0.25, 0.3) is 0 Å². The van der Waals surface area contributed by atoms with Gasteiger partial charge in [-0.2, -0.15) is 10.2 Å². The van der Waals surface area contributed by atoms with E-state index in [0.29, 0.717) is 11.6 Å². The molecule has 11 heteroatoms. The first-order valence-corrected chi connectivity index (χ1v) is 15.1. The second-order valence-electron chi connectivity index (χ2n) is 9.64. The Kier molecular flexibility index (Phi) is 15.6. The molecular weight excluding hydrogens is 563 g/mol. The number of carbonyl (C=O) groups excluding carboxylic acids is 1. The lowest BCUT2D eigenvalue weighted by molar-refractivity contribution is -0.110. The fourth-order valence-electron chi connectivity index (χ4n) is 4.49. The smallest absolute Gasteiger partial charge is 0.207 e. The van der Waals surface area contributed by atoms with Gasteiger partial charge in [-0.25, -0.2) is 9.07 Å². The van der Waals surface area contributed by atoms with E-state index in [1.54, 1.807) is 35.7 Å². The van der Waals surface area contributed by atoms with Crippen molar-refractivity contribution in [2.75, 3.05) is 44.8 Å². The molecule has 1 aliphatic heterocycles. The molecule has 1 atom stereocenters. The molecule has 1 fully saturated rings. The molecule has 230 valence electrons. The molecule has 2 aromatic heterocycles. The number of terminal acetylenes is 1. The molecule has 43 heavy (non-hydrogen) atoms. The Morgan fingerprint density at radius 2 is 1.81 bits per heavy atom. The first-order chi connectivity index (χ1) is 20.9. The molecule has 4 aromatic rings. The zero-order chi connectivity index (χ0) is 31.6. The van der Waals surface area contributed by atoms with Crippen molar-refractivity contribution >= 4 is 24.2 Å².